The zero-order valence-electron chi connectivity index (χ0n) is 8.08. The number of methoxy groups -OCH3 is 1. The van der Waals surface area contributed by atoms with Crippen molar-refractivity contribution in [2.75, 3.05) is 7.11 Å². The summed E-state index contributed by atoms with van der Waals surface area (Å²) < 4.78 is 41.1. The number of hydrogen-bond donors (Lipinski definition) is 1. The second-order valence-electron chi connectivity index (χ2n) is 3.12. The van der Waals surface area contributed by atoms with Gasteiger partial charge in [-0.05, 0) is 11.1 Å². The molecule has 0 spiro atoms. The standard InChI is InChI=1S/C10H11F3O2/c1-15-6-7-2-4-8(5-3-7)9(14)10(11,12)13/h2-5,9,14H,6H2,1H3. The molecule has 0 amide bonds. The van der Waals surface area contributed by atoms with Crippen molar-refractivity contribution in [1.29, 1.82) is 0 Å². The van der Waals surface area contributed by atoms with Crippen LogP contribution in [-0.4, -0.2) is 18.4 Å². The van der Waals surface area contributed by atoms with Gasteiger partial charge in [-0.2, -0.15) is 13.2 Å². The number of benzene rings is 1. The average molecular weight is 220 g/mol. The molecule has 0 bridgehead atoms. The minimum atomic E-state index is -4.62. The van der Waals surface area contributed by atoms with Crippen LogP contribution in [0.25, 0.3) is 0 Å². The first kappa shape index (κ1) is 12.0. The van der Waals surface area contributed by atoms with Crippen molar-refractivity contribution in [3.8, 4) is 0 Å². The molecule has 84 valence electrons. The Morgan fingerprint density at radius 1 is 1.27 bits per heavy atom. The summed E-state index contributed by atoms with van der Waals surface area (Å²) >= 11 is 0. The lowest BCUT2D eigenvalue weighted by Crippen LogP contribution is -2.20. The van der Waals surface area contributed by atoms with Crippen molar-refractivity contribution in [3.63, 3.8) is 0 Å². The van der Waals surface area contributed by atoms with Crippen LogP contribution in [0.4, 0.5) is 13.2 Å². The molecular weight excluding hydrogens is 209 g/mol. The Bertz CT molecular complexity index is 305. The second kappa shape index (κ2) is 4.63. The predicted octanol–water partition coefficient (Wildman–Crippen LogP) is 2.43. The first-order valence-corrected chi connectivity index (χ1v) is 4.27. The summed E-state index contributed by atoms with van der Waals surface area (Å²) in [4.78, 5) is 0. The monoisotopic (exact) mass is 220 g/mol. The van der Waals surface area contributed by atoms with E-state index in [9.17, 15) is 13.2 Å². The minimum Gasteiger partial charge on any atom is -0.380 e. The molecule has 0 fully saturated rings. The van der Waals surface area contributed by atoms with Crippen LogP contribution >= 0.6 is 0 Å². The van der Waals surface area contributed by atoms with Crippen molar-refractivity contribution in [2.45, 2.75) is 18.9 Å². The van der Waals surface area contributed by atoms with E-state index in [2.05, 4.69) is 0 Å². The number of halogens is 3. The van der Waals surface area contributed by atoms with E-state index < -0.39 is 12.3 Å². The maximum absolute atomic E-state index is 12.1. The molecule has 5 heteroatoms. The molecule has 2 nitrogen and oxygen atoms in total. The molecule has 0 aliphatic carbocycles. The number of alkyl halides is 3. The smallest absolute Gasteiger partial charge is 0.380 e. The van der Waals surface area contributed by atoms with Crippen LogP contribution in [0.1, 0.15) is 17.2 Å². The van der Waals surface area contributed by atoms with Crippen molar-refractivity contribution < 1.29 is 23.0 Å². The van der Waals surface area contributed by atoms with Gasteiger partial charge in [0.2, 0.25) is 0 Å². The van der Waals surface area contributed by atoms with Crippen LogP contribution in [0, 0.1) is 0 Å². The van der Waals surface area contributed by atoms with Crippen molar-refractivity contribution in [3.05, 3.63) is 35.4 Å². The van der Waals surface area contributed by atoms with Crippen molar-refractivity contribution >= 4 is 0 Å². The fourth-order valence-corrected chi connectivity index (χ4v) is 1.15. The summed E-state index contributed by atoms with van der Waals surface area (Å²) in [6.07, 6.45) is -7.04. The van der Waals surface area contributed by atoms with E-state index in [1.54, 1.807) is 0 Å². The highest BCUT2D eigenvalue weighted by molar-refractivity contribution is 5.24. The zero-order valence-corrected chi connectivity index (χ0v) is 8.08. The lowest BCUT2D eigenvalue weighted by Gasteiger charge is -2.14. The summed E-state index contributed by atoms with van der Waals surface area (Å²) in [5.74, 6) is 0. The van der Waals surface area contributed by atoms with E-state index in [0.717, 1.165) is 5.56 Å². The van der Waals surface area contributed by atoms with Gasteiger partial charge in [0.05, 0.1) is 6.61 Å². The molecule has 0 radical (unpaired) electrons. The van der Waals surface area contributed by atoms with E-state index in [1.807, 2.05) is 0 Å². The van der Waals surface area contributed by atoms with Crippen LogP contribution in [-0.2, 0) is 11.3 Å². The third kappa shape index (κ3) is 3.21. The minimum absolute atomic E-state index is 0.164. The molecule has 0 saturated carbocycles. The Labute approximate surface area is 85.3 Å². The highest BCUT2D eigenvalue weighted by atomic mass is 19.4. The Morgan fingerprint density at radius 3 is 2.20 bits per heavy atom. The predicted molar refractivity (Wildman–Crippen MR) is 48.2 cm³/mol. The second-order valence-corrected chi connectivity index (χ2v) is 3.12. The van der Waals surface area contributed by atoms with Gasteiger partial charge in [-0.1, -0.05) is 24.3 Å². The van der Waals surface area contributed by atoms with E-state index in [4.69, 9.17) is 9.84 Å². The van der Waals surface area contributed by atoms with E-state index in [0.29, 0.717) is 6.61 Å². The normalized spacial score (nSPS) is 13.9. The van der Waals surface area contributed by atoms with Gasteiger partial charge in [-0.3, -0.25) is 0 Å². The van der Waals surface area contributed by atoms with E-state index in [1.165, 1.54) is 31.4 Å². The van der Waals surface area contributed by atoms with E-state index in [-0.39, 0.29) is 5.56 Å². The van der Waals surface area contributed by atoms with Gasteiger partial charge in [-0.15, -0.1) is 0 Å². The topological polar surface area (TPSA) is 29.5 Å². The van der Waals surface area contributed by atoms with Crippen LogP contribution in [0.5, 0.6) is 0 Å². The molecule has 0 aliphatic heterocycles. The summed E-state index contributed by atoms with van der Waals surface area (Å²) in [6.45, 7) is 0.336. The molecule has 1 N–H and O–H groups in total. The quantitative estimate of drug-likeness (QED) is 0.847. The number of aliphatic hydroxyl groups is 1. The van der Waals surface area contributed by atoms with Crippen LogP contribution in [0.15, 0.2) is 24.3 Å². The molecule has 1 aromatic carbocycles. The van der Waals surface area contributed by atoms with Crippen LogP contribution < -0.4 is 0 Å². The third-order valence-corrected chi connectivity index (χ3v) is 1.92. The van der Waals surface area contributed by atoms with Crippen LogP contribution in [0.3, 0.4) is 0 Å². The third-order valence-electron chi connectivity index (χ3n) is 1.92. The Kier molecular flexibility index (Phi) is 3.71. The van der Waals surface area contributed by atoms with E-state index >= 15 is 0 Å². The maximum Gasteiger partial charge on any atom is 0.418 e. The SMILES string of the molecule is COCc1ccc(C(O)C(F)(F)F)cc1. The van der Waals surface area contributed by atoms with Gasteiger partial charge in [-0.25, -0.2) is 0 Å². The zero-order chi connectivity index (χ0) is 11.5. The fourth-order valence-electron chi connectivity index (χ4n) is 1.15. The van der Waals surface area contributed by atoms with Gasteiger partial charge in [0, 0.05) is 7.11 Å². The van der Waals surface area contributed by atoms with Gasteiger partial charge >= 0.3 is 6.18 Å². The fraction of sp³-hybridized carbons (Fsp3) is 0.400. The van der Waals surface area contributed by atoms with Gasteiger partial charge in [0.15, 0.2) is 6.10 Å². The van der Waals surface area contributed by atoms with Gasteiger partial charge in [0.25, 0.3) is 0 Å². The molecule has 1 unspecified atom stereocenters. The molecule has 1 rings (SSSR count). The number of aliphatic hydroxyl groups excluding tert-OH is 1. The summed E-state index contributed by atoms with van der Waals surface area (Å²) in [7, 11) is 1.50. The lowest BCUT2D eigenvalue weighted by molar-refractivity contribution is -0.206. The summed E-state index contributed by atoms with van der Waals surface area (Å²) in [5.41, 5.74) is 0.595. The molecule has 1 atom stereocenters. The average Bonchev–Trinajstić information content (AvgIpc) is 2.17. The van der Waals surface area contributed by atoms with Crippen LogP contribution in [0.2, 0.25) is 0 Å². The van der Waals surface area contributed by atoms with Crippen molar-refractivity contribution in [2.24, 2.45) is 0 Å². The number of hydrogen-bond acceptors (Lipinski definition) is 2. The molecule has 0 aromatic heterocycles. The Hall–Kier alpha value is -1.07. The highest BCUT2D eigenvalue weighted by Crippen LogP contribution is 2.32. The number of ether oxygens (including phenoxy) is 1. The van der Waals surface area contributed by atoms with Gasteiger partial charge in [0.1, 0.15) is 0 Å². The summed E-state index contributed by atoms with van der Waals surface area (Å²) in [5, 5.41) is 8.92. The lowest BCUT2D eigenvalue weighted by atomic mass is 10.1. The summed E-state index contributed by atoms with van der Waals surface area (Å²) in [6, 6.07) is 5.47. The first-order valence-electron chi connectivity index (χ1n) is 4.27. The molecule has 15 heavy (non-hydrogen) atoms. The van der Waals surface area contributed by atoms with Gasteiger partial charge < -0.3 is 9.84 Å². The largest absolute Gasteiger partial charge is 0.418 e. The molecule has 0 saturated heterocycles. The first-order chi connectivity index (χ1) is 6.95. The highest BCUT2D eigenvalue weighted by Gasteiger charge is 2.39. The Balaban J connectivity index is 2.80. The Morgan fingerprint density at radius 2 is 1.80 bits per heavy atom. The molecule has 0 heterocycles. The molecular formula is C10H11F3O2. The number of rotatable bonds is 3. The molecule has 0 aliphatic rings. The van der Waals surface area contributed by atoms with Crippen molar-refractivity contribution in [1.82, 2.24) is 0 Å². The molecule has 1 aromatic rings. The maximum atomic E-state index is 12.1.